The summed E-state index contributed by atoms with van der Waals surface area (Å²) in [5.74, 6) is 0. The van der Waals surface area contributed by atoms with Gasteiger partial charge in [0.05, 0.1) is 0 Å². The first kappa shape index (κ1) is 13.6. The van der Waals surface area contributed by atoms with Crippen molar-refractivity contribution in [3.63, 3.8) is 0 Å². The summed E-state index contributed by atoms with van der Waals surface area (Å²) >= 11 is 0. The van der Waals surface area contributed by atoms with Gasteiger partial charge in [-0.1, -0.05) is 31.2 Å². The number of aliphatic hydroxyl groups is 1. The summed E-state index contributed by atoms with van der Waals surface area (Å²) in [5, 5.41) is 9.01. The van der Waals surface area contributed by atoms with E-state index in [0.717, 1.165) is 19.5 Å². The summed E-state index contributed by atoms with van der Waals surface area (Å²) in [6.45, 7) is 4.75. The van der Waals surface area contributed by atoms with Gasteiger partial charge in [-0.25, -0.2) is 0 Å². The maximum absolute atomic E-state index is 9.01. The normalized spacial score (nSPS) is 18.9. The number of fused-ring (bicyclic) bond motifs is 1. The van der Waals surface area contributed by atoms with E-state index in [2.05, 4.69) is 36.1 Å². The van der Waals surface area contributed by atoms with Gasteiger partial charge in [0.2, 0.25) is 0 Å². The van der Waals surface area contributed by atoms with Crippen LogP contribution < -0.4 is 0 Å². The Morgan fingerprint density at radius 3 is 2.72 bits per heavy atom. The van der Waals surface area contributed by atoms with E-state index in [1.807, 2.05) is 0 Å². The Kier molecular flexibility index (Phi) is 5.21. The largest absolute Gasteiger partial charge is 0.396 e. The molecular formula is C16H25NO. The molecule has 0 aromatic heterocycles. The Morgan fingerprint density at radius 1 is 1.22 bits per heavy atom. The minimum Gasteiger partial charge on any atom is -0.396 e. The van der Waals surface area contributed by atoms with Gasteiger partial charge in [0, 0.05) is 19.2 Å². The van der Waals surface area contributed by atoms with Crippen LogP contribution in [0, 0.1) is 0 Å². The predicted molar refractivity (Wildman–Crippen MR) is 75.8 cm³/mol. The first-order valence-electron chi connectivity index (χ1n) is 7.26. The van der Waals surface area contributed by atoms with Crippen LogP contribution in [0.3, 0.4) is 0 Å². The summed E-state index contributed by atoms with van der Waals surface area (Å²) < 4.78 is 0. The van der Waals surface area contributed by atoms with Gasteiger partial charge in [-0.15, -0.1) is 0 Å². The first-order chi connectivity index (χ1) is 8.85. The third kappa shape index (κ3) is 3.33. The number of rotatable bonds is 6. The molecule has 1 aromatic carbocycles. The second kappa shape index (κ2) is 6.91. The second-order valence-electron chi connectivity index (χ2n) is 5.28. The van der Waals surface area contributed by atoms with Crippen molar-refractivity contribution < 1.29 is 5.11 Å². The van der Waals surface area contributed by atoms with Gasteiger partial charge < -0.3 is 5.11 Å². The summed E-state index contributed by atoms with van der Waals surface area (Å²) in [6, 6.07) is 9.51. The molecule has 0 spiro atoms. The van der Waals surface area contributed by atoms with Crippen molar-refractivity contribution in [1.29, 1.82) is 0 Å². The van der Waals surface area contributed by atoms with Crippen molar-refractivity contribution >= 4 is 0 Å². The van der Waals surface area contributed by atoms with E-state index in [4.69, 9.17) is 5.11 Å². The van der Waals surface area contributed by atoms with Gasteiger partial charge in [0.1, 0.15) is 0 Å². The Bertz CT molecular complexity index is 364. The zero-order valence-corrected chi connectivity index (χ0v) is 11.4. The molecule has 0 fully saturated rings. The Morgan fingerprint density at radius 2 is 2.00 bits per heavy atom. The van der Waals surface area contributed by atoms with Crippen molar-refractivity contribution in [2.75, 3.05) is 19.7 Å². The van der Waals surface area contributed by atoms with E-state index in [-0.39, 0.29) is 0 Å². The van der Waals surface area contributed by atoms with Crippen LogP contribution in [0.2, 0.25) is 0 Å². The molecule has 1 atom stereocenters. The SMILES string of the molecule is CCCN(CCCO)C1CCc2ccccc2C1. The van der Waals surface area contributed by atoms with Crippen molar-refractivity contribution in [1.82, 2.24) is 4.90 Å². The fourth-order valence-electron chi connectivity index (χ4n) is 3.03. The Labute approximate surface area is 111 Å². The maximum atomic E-state index is 9.01. The molecule has 0 saturated heterocycles. The van der Waals surface area contributed by atoms with Crippen LogP contribution in [0.15, 0.2) is 24.3 Å². The van der Waals surface area contributed by atoms with E-state index in [1.165, 1.54) is 36.8 Å². The van der Waals surface area contributed by atoms with Gasteiger partial charge in [0.25, 0.3) is 0 Å². The van der Waals surface area contributed by atoms with Gasteiger partial charge in [-0.3, -0.25) is 4.90 Å². The standard InChI is InChI=1S/C16H25NO/c1-2-10-17(11-5-12-18)16-9-8-14-6-3-4-7-15(14)13-16/h3-4,6-7,16,18H,2,5,8-13H2,1H3. The molecule has 2 heteroatoms. The number of aliphatic hydroxyl groups excluding tert-OH is 1. The molecule has 0 bridgehead atoms. The third-order valence-electron chi connectivity index (χ3n) is 3.95. The number of hydrogen-bond acceptors (Lipinski definition) is 2. The fourth-order valence-corrected chi connectivity index (χ4v) is 3.03. The number of aryl methyl sites for hydroxylation is 1. The van der Waals surface area contributed by atoms with Crippen LogP contribution >= 0.6 is 0 Å². The van der Waals surface area contributed by atoms with Crippen molar-refractivity contribution in [3.8, 4) is 0 Å². The third-order valence-corrected chi connectivity index (χ3v) is 3.95. The molecular weight excluding hydrogens is 222 g/mol. The molecule has 18 heavy (non-hydrogen) atoms. The minimum absolute atomic E-state index is 0.309. The van der Waals surface area contributed by atoms with Crippen molar-refractivity contribution in [2.24, 2.45) is 0 Å². The Hall–Kier alpha value is -0.860. The summed E-state index contributed by atoms with van der Waals surface area (Å²) in [4.78, 5) is 2.58. The van der Waals surface area contributed by atoms with Crippen molar-refractivity contribution in [3.05, 3.63) is 35.4 Å². The topological polar surface area (TPSA) is 23.5 Å². The summed E-state index contributed by atoms with van der Waals surface area (Å²) in [6.07, 6.45) is 5.76. The second-order valence-corrected chi connectivity index (χ2v) is 5.28. The van der Waals surface area contributed by atoms with Crippen LogP contribution in [0.1, 0.15) is 37.3 Å². The molecule has 0 amide bonds. The van der Waals surface area contributed by atoms with Crippen LogP contribution in [-0.2, 0) is 12.8 Å². The van der Waals surface area contributed by atoms with Crippen LogP contribution in [0.4, 0.5) is 0 Å². The number of benzene rings is 1. The summed E-state index contributed by atoms with van der Waals surface area (Å²) in [5.41, 5.74) is 3.06. The van der Waals surface area contributed by atoms with Crippen molar-refractivity contribution in [2.45, 2.75) is 45.1 Å². The van der Waals surface area contributed by atoms with Crippen LogP contribution in [0.25, 0.3) is 0 Å². The predicted octanol–water partition coefficient (Wildman–Crippen LogP) is 2.64. The minimum atomic E-state index is 0.309. The van der Waals surface area contributed by atoms with E-state index < -0.39 is 0 Å². The summed E-state index contributed by atoms with van der Waals surface area (Å²) in [7, 11) is 0. The molecule has 1 N–H and O–H groups in total. The zero-order valence-electron chi connectivity index (χ0n) is 11.4. The highest BCUT2D eigenvalue weighted by molar-refractivity contribution is 5.30. The molecule has 1 aliphatic rings. The molecule has 0 heterocycles. The molecule has 1 aliphatic carbocycles. The lowest BCUT2D eigenvalue weighted by Crippen LogP contribution is -2.40. The molecule has 0 radical (unpaired) electrons. The van der Waals surface area contributed by atoms with Gasteiger partial charge in [-0.2, -0.15) is 0 Å². The highest BCUT2D eigenvalue weighted by atomic mass is 16.3. The Balaban J connectivity index is 2.00. The average molecular weight is 247 g/mol. The maximum Gasteiger partial charge on any atom is 0.0443 e. The molecule has 0 aliphatic heterocycles. The van der Waals surface area contributed by atoms with Crippen LogP contribution in [0.5, 0.6) is 0 Å². The van der Waals surface area contributed by atoms with Gasteiger partial charge >= 0.3 is 0 Å². The van der Waals surface area contributed by atoms with Crippen LogP contribution in [-0.4, -0.2) is 35.7 Å². The molecule has 100 valence electrons. The van der Waals surface area contributed by atoms with E-state index in [9.17, 15) is 0 Å². The van der Waals surface area contributed by atoms with E-state index >= 15 is 0 Å². The molecule has 2 rings (SSSR count). The average Bonchev–Trinajstić information content (AvgIpc) is 2.43. The lowest BCUT2D eigenvalue weighted by Gasteiger charge is -2.35. The lowest BCUT2D eigenvalue weighted by atomic mass is 9.87. The molecule has 0 saturated carbocycles. The monoisotopic (exact) mass is 247 g/mol. The zero-order chi connectivity index (χ0) is 12.8. The van der Waals surface area contributed by atoms with Gasteiger partial charge in [0.15, 0.2) is 0 Å². The number of hydrogen-bond donors (Lipinski definition) is 1. The first-order valence-corrected chi connectivity index (χ1v) is 7.26. The highest BCUT2D eigenvalue weighted by Gasteiger charge is 2.23. The smallest absolute Gasteiger partial charge is 0.0443 e. The molecule has 1 unspecified atom stereocenters. The fraction of sp³-hybridized carbons (Fsp3) is 0.625. The van der Waals surface area contributed by atoms with E-state index in [1.54, 1.807) is 0 Å². The highest BCUT2D eigenvalue weighted by Crippen LogP contribution is 2.24. The van der Waals surface area contributed by atoms with E-state index in [0.29, 0.717) is 12.6 Å². The number of nitrogens with zero attached hydrogens (tertiary/aromatic N) is 1. The van der Waals surface area contributed by atoms with Gasteiger partial charge in [-0.05, 0) is 49.8 Å². The molecule has 2 nitrogen and oxygen atoms in total. The molecule has 1 aromatic rings. The quantitative estimate of drug-likeness (QED) is 0.835. The lowest BCUT2D eigenvalue weighted by molar-refractivity contribution is 0.161.